The lowest BCUT2D eigenvalue weighted by Crippen LogP contribution is -2.34. The van der Waals surface area contributed by atoms with Crippen LogP contribution in [0, 0.1) is 5.92 Å². The molecule has 0 radical (unpaired) electrons. The lowest BCUT2D eigenvalue weighted by atomic mass is 10.0. The minimum atomic E-state index is -0.269. The Labute approximate surface area is 91.8 Å². The third-order valence-electron chi connectivity index (χ3n) is 2.65. The summed E-state index contributed by atoms with van der Waals surface area (Å²) in [5, 5.41) is 6.04. The van der Waals surface area contributed by atoms with Crippen LogP contribution >= 0.6 is 0 Å². The van der Waals surface area contributed by atoms with Gasteiger partial charge in [-0.3, -0.25) is 0 Å². The summed E-state index contributed by atoms with van der Waals surface area (Å²) in [5.41, 5.74) is 0. The van der Waals surface area contributed by atoms with E-state index in [4.69, 9.17) is 4.74 Å². The number of piperidine rings is 1. The summed E-state index contributed by atoms with van der Waals surface area (Å²) < 4.78 is 5.14. The summed E-state index contributed by atoms with van der Waals surface area (Å²) >= 11 is 0. The fourth-order valence-electron chi connectivity index (χ4n) is 1.68. The number of carbonyl (C=O) groups excluding carboxylic acids is 1. The number of rotatable bonds is 5. The first kappa shape index (κ1) is 12.3. The lowest BCUT2D eigenvalue weighted by Gasteiger charge is -2.22. The molecule has 1 amide bonds. The smallest absolute Gasteiger partial charge is 0.407 e. The van der Waals surface area contributed by atoms with E-state index in [9.17, 15) is 4.79 Å². The average Bonchev–Trinajstić information content (AvgIpc) is 2.28. The maximum atomic E-state index is 11.2. The molecular weight excluding hydrogens is 192 g/mol. The molecule has 1 aliphatic rings. The van der Waals surface area contributed by atoms with Crippen LogP contribution < -0.4 is 10.6 Å². The standard InChI is InChI=1S/C11H22N2O2/c1-2-3-7-13-11(14)15-9-10-5-4-6-12-8-10/h10,12H,2-9H2,1H3,(H,13,14). The number of alkyl carbamates (subject to hydrolysis) is 1. The number of hydrogen-bond donors (Lipinski definition) is 2. The summed E-state index contributed by atoms with van der Waals surface area (Å²) in [6.07, 6.45) is 4.18. The van der Waals surface area contributed by atoms with E-state index in [-0.39, 0.29) is 6.09 Å². The minimum absolute atomic E-state index is 0.269. The van der Waals surface area contributed by atoms with Gasteiger partial charge < -0.3 is 15.4 Å². The minimum Gasteiger partial charge on any atom is -0.449 e. The van der Waals surface area contributed by atoms with Gasteiger partial charge >= 0.3 is 6.09 Å². The van der Waals surface area contributed by atoms with Crippen molar-refractivity contribution >= 4 is 6.09 Å². The number of carbonyl (C=O) groups is 1. The van der Waals surface area contributed by atoms with E-state index >= 15 is 0 Å². The van der Waals surface area contributed by atoms with Crippen molar-refractivity contribution < 1.29 is 9.53 Å². The number of ether oxygens (including phenoxy) is 1. The molecule has 0 saturated carbocycles. The van der Waals surface area contributed by atoms with Crippen molar-refractivity contribution in [3.63, 3.8) is 0 Å². The zero-order valence-electron chi connectivity index (χ0n) is 9.55. The van der Waals surface area contributed by atoms with Gasteiger partial charge in [-0.25, -0.2) is 4.79 Å². The summed E-state index contributed by atoms with van der Waals surface area (Å²) in [4.78, 5) is 11.2. The molecule has 1 aliphatic heterocycles. The Balaban J connectivity index is 2.00. The molecule has 0 bridgehead atoms. The van der Waals surface area contributed by atoms with Crippen molar-refractivity contribution in [3.05, 3.63) is 0 Å². The van der Waals surface area contributed by atoms with Crippen LogP contribution in [-0.4, -0.2) is 32.3 Å². The highest BCUT2D eigenvalue weighted by Crippen LogP contribution is 2.09. The molecule has 1 atom stereocenters. The molecule has 88 valence electrons. The van der Waals surface area contributed by atoms with E-state index in [1.165, 1.54) is 6.42 Å². The van der Waals surface area contributed by atoms with Gasteiger partial charge in [0, 0.05) is 19.0 Å². The van der Waals surface area contributed by atoms with Gasteiger partial charge in [-0.2, -0.15) is 0 Å². The molecule has 1 saturated heterocycles. The zero-order chi connectivity index (χ0) is 10.9. The van der Waals surface area contributed by atoms with E-state index in [2.05, 4.69) is 17.6 Å². The fourth-order valence-corrected chi connectivity index (χ4v) is 1.68. The Kier molecular flexibility index (Phi) is 6.16. The number of hydrogen-bond acceptors (Lipinski definition) is 3. The van der Waals surface area contributed by atoms with Gasteiger partial charge in [0.05, 0.1) is 6.61 Å². The van der Waals surface area contributed by atoms with Gasteiger partial charge in [0.15, 0.2) is 0 Å². The molecule has 1 fully saturated rings. The second kappa shape index (κ2) is 7.51. The maximum Gasteiger partial charge on any atom is 0.407 e. The maximum absolute atomic E-state index is 11.2. The molecule has 1 heterocycles. The van der Waals surface area contributed by atoms with Crippen LogP contribution in [0.2, 0.25) is 0 Å². The van der Waals surface area contributed by atoms with E-state index < -0.39 is 0 Å². The molecule has 4 nitrogen and oxygen atoms in total. The Bertz CT molecular complexity index is 179. The van der Waals surface area contributed by atoms with Crippen molar-refractivity contribution in [1.82, 2.24) is 10.6 Å². The van der Waals surface area contributed by atoms with Crippen LogP contribution in [0.1, 0.15) is 32.6 Å². The first-order valence-electron chi connectivity index (χ1n) is 5.94. The molecular formula is C11H22N2O2. The molecule has 1 rings (SSSR count). The normalized spacial score (nSPS) is 21.0. The molecule has 0 aromatic carbocycles. The largest absolute Gasteiger partial charge is 0.449 e. The van der Waals surface area contributed by atoms with Crippen LogP contribution in [0.25, 0.3) is 0 Å². The average molecular weight is 214 g/mol. The Morgan fingerprint density at radius 1 is 1.60 bits per heavy atom. The predicted molar refractivity (Wildman–Crippen MR) is 59.9 cm³/mol. The highest BCUT2D eigenvalue weighted by Gasteiger charge is 2.14. The van der Waals surface area contributed by atoms with E-state index in [1.54, 1.807) is 0 Å². The summed E-state index contributed by atoms with van der Waals surface area (Å²) in [6.45, 7) is 5.44. The lowest BCUT2D eigenvalue weighted by molar-refractivity contribution is 0.119. The monoisotopic (exact) mass is 214 g/mol. The molecule has 0 aliphatic carbocycles. The van der Waals surface area contributed by atoms with Crippen LogP contribution in [-0.2, 0) is 4.74 Å². The molecule has 2 N–H and O–H groups in total. The second-order valence-corrected chi connectivity index (χ2v) is 4.09. The molecule has 0 aromatic rings. The molecule has 1 unspecified atom stereocenters. The van der Waals surface area contributed by atoms with E-state index in [1.807, 2.05) is 0 Å². The van der Waals surface area contributed by atoms with E-state index in [0.29, 0.717) is 12.5 Å². The summed E-state index contributed by atoms with van der Waals surface area (Å²) in [7, 11) is 0. The van der Waals surface area contributed by atoms with Crippen molar-refractivity contribution in [3.8, 4) is 0 Å². The highest BCUT2D eigenvalue weighted by molar-refractivity contribution is 5.66. The summed E-state index contributed by atoms with van der Waals surface area (Å²) in [5.74, 6) is 0.496. The van der Waals surface area contributed by atoms with Crippen molar-refractivity contribution in [1.29, 1.82) is 0 Å². The van der Waals surface area contributed by atoms with Crippen molar-refractivity contribution in [2.75, 3.05) is 26.2 Å². The first-order valence-corrected chi connectivity index (χ1v) is 5.94. The SMILES string of the molecule is CCCCNC(=O)OCC1CCCNC1. The van der Waals surface area contributed by atoms with Crippen LogP contribution in [0.15, 0.2) is 0 Å². The molecule has 4 heteroatoms. The molecule has 0 spiro atoms. The van der Waals surface area contributed by atoms with Crippen molar-refractivity contribution in [2.45, 2.75) is 32.6 Å². The zero-order valence-corrected chi connectivity index (χ0v) is 9.55. The van der Waals surface area contributed by atoms with Gasteiger partial charge in [-0.1, -0.05) is 13.3 Å². The van der Waals surface area contributed by atoms with Crippen LogP contribution in [0.4, 0.5) is 4.79 Å². The second-order valence-electron chi connectivity index (χ2n) is 4.09. The summed E-state index contributed by atoms with van der Waals surface area (Å²) in [6, 6.07) is 0. The predicted octanol–water partition coefficient (Wildman–Crippen LogP) is 1.51. The van der Waals surface area contributed by atoms with Gasteiger partial charge in [0.2, 0.25) is 0 Å². The Morgan fingerprint density at radius 2 is 2.47 bits per heavy atom. The van der Waals surface area contributed by atoms with Gasteiger partial charge in [-0.15, -0.1) is 0 Å². The number of amides is 1. The topological polar surface area (TPSA) is 50.4 Å². The quantitative estimate of drug-likeness (QED) is 0.682. The molecule has 15 heavy (non-hydrogen) atoms. The van der Waals surface area contributed by atoms with Gasteiger partial charge in [0.1, 0.15) is 0 Å². The number of unbranched alkanes of at least 4 members (excludes halogenated alkanes) is 1. The third-order valence-corrected chi connectivity index (χ3v) is 2.65. The van der Waals surface area contributed by atoms with Gasteiger partial charge in [-0.05, 0) is 25.8 Å². The Hall–Kier alpha value is -0.770. The molecule has 0 aromatic heterocycles. The van der Waals surface area contributed by atoms with Crippen molar-refractivity contribution in [2.24, 2.45) is 5.92 Å². The highest BCUT2D eigenvalue weighted by atomic mass is 16.5. The Morgan fingerprint density at radius 3 is 3.13 bits per heavy atom. The first-order chi connectivity index (χ1) is 7.33. The van der Waals surface area contributed by atoms with E-state index in [0.717, 1.165) is 38.9 Å². The third kappa shape index (κ3) is 5.62. The van der Waals surface area contributed by atoms with Gasteiger partial charge in [0.25, 0.3) is 0 Å². The number of nitrogens with one attached hydrogen (secondary N) is 2. The van der Waals surface area contributed by atoms with Crippen LogP contribution in [0.3, 0.4) is 0 Å². The van der Waals surface area contributed by atoms with Crippen LogP contribution in [0.5, 0.6) is 0 Å². The fraction of sp³-hybridized carbons (Fsp3) is 0.909.